The van der Waals surface area contributed by atoms with Crippen LogP contribution in [0.1, 0.15) is 63.6 Å². The maximum absolute atomic E-state index is 13.2. The van der Waals surface area contributed by atoms with Crippen LogP contribution < -0.4 is 10.1 Å². The molecule has 0 saturated carbocycles. The first-order chi connectivity index (χ1) is 15.1. The minimum Gasteiger partial charge on any atom is -0.483 e. The maximum atomic E-state index is 13.2. The van der Waals surface area contributed by atoms with Gasteiger partial charge in [-0.05, 0) is 72.3 Å². The molecule has 2 aromatic rings. The number of nitrogens with one attached hydrogen (secondary N) is 1. The molecular formula is C26H35BrN2O3. The lowest BCUT2D eigenvalue weighted by Gasteiger charge is -2.29. The first kappa shape index (κ1) is 25.9. The number of ether oxygens (including phenoxy) is 1. The minimum absolute atomic E-state index is 0.0490. The second kappa shape index (κ2) is 12.0. The lowest BCUT2D eigenvalue weighted by molar-refractivity contribution is -0.142. The summed E-state index contributed by atoms with van der Waals surface area (Å²) in [6, 6.07) is 13.3. The van der Waals surface area contributed by atoms with Crippen molar-refractivity contribution >= 4 is 27.7 Å². The fourth-order valence-electron chi connectivity index (χ4n) is 3.15. The predicted molar refractivity (Wildman–Crippen MR) is 133 cm³/mol. The number of benzene rings is 2. The topological polar surface area (TPSA) is 58.6 Å². The summed E-state index contributed by atoms with van der Waals surface area (Å²) in [7, 11) is 0. The lowest BCUT2D eigenvalue weighted by atomic mass is 10.0. The Balaban J connectivity index is 2.17. The van der Waals surface area contributed by atoms with Gasteiger partial charge in [-0.25, -0.2) is 0 Å². The van der Waals surface area contributed by atoms with Gasteiger partial charge in [-0.15, -0.1) is 0 Å². The summed E-state index contributed by atoms with van der Waals surface area (Å²) in [5, 5.41) is 2.98. The van der Waals surface area contributed by atoms with Crippen LogP contribution in [-0.4, -0.2) is 35.4 Å². The fourth-order valence-corrected chi connectivity index (χ4v) is 3.66. The van der Waals surface area contributed by atoms with E-state index in [1.807, 2.05) is 63.2 Å². The van der Waals surface area contributed by atoms with Crippen LogP contribution >= 0.6 is 15.9 Å². The maximum Gasteiger partial charge on any atom is 0.261 e. The summed E-state index contributed by atoms with van der Waals surface area (Å²) in [6.07, 6.45) is 0.827. The summed E-state index contributed by atoms with van der Waals surface area (Å²) in [4.78, 5) is 27.5. The molecule has 2 rings (SSSR count). The fraction of sp³-hybridized carbons (Fsp3) is 0.462. The molecule has 5 nitrogen and oxygen atoms in total. The molecule has 0 saturated heterocycles. The van der Waals surface area contributed by atoms with Crippen molar-refractivity contribution in [2.24, 2.45) is 0 Å². The van der Waals surface area contributed by atoms with Crippen molar-refractivity contribution in [3.8, 4) is 5.75 Å². The Morgan fingerprint density at radius 2 is 1.72 bits per heavy atom. The van der Waals surface area contributed by atoms with Crippen LogP contribution in [-0.2, 0) is 16.1 Å². The van der Waals surface area contributed by atoms with Crippen molar-refractivity contribution in [2.75, 3.05) is 6.61 Å². The zero-order valence-electron chi connectivity index (χ0n) is 19.9. The minimum atomic E-state index is -0.617. The molecule has 0 radical (unpaired) electrons. The predicted octanol–water partition coefficient (Wildman–Crippen LogP) is 5.59. The third kappa shape index (κ3) is 7.37. The van der Waals surface area contributed by atoms with Gasteiger partial charge in [0.1, 0.15) is 11.8 Å². The van der Waals surface area contributed by atoms with Gasteiger partial charge in [0, 0.05) is 12.6 Å². The zero-order chi connectivity index (χ0) is 23.8. The molecule has 0 unspecified atom stereocenters. The van der Waals surface area contributed by atoms with E-state index < -0.39 is 6.04 Å². The van der Waals surface area contributed by atoms with Gasteiger partial charge in [0.15, 0.2) is 6.61 Å². The van der Waals surface area contributed by atoms with E-state index in [0.717, 1.165) is 22.0 Å². The average molecular weight is 503 g/mol. The van der Waals surface area contributed by atoms with Crippen molar-refractivity contribution in [2.45, 2.75) is 72.5 Å². The van der Waals surface area contributed by atoms with Gasteiger partial charge >= 0.3 is 0 Å². The SMILES string of the molecule is CC[C@@H](C)NC(=O)[C@H](C)N(Cc1ccc(C)cc1)C(=O)COc1ccc(C(C)C)cc1Br. The van der Waals surface area contributed by atoms with E-state index in [0.29, 0.717) is 18.2 Å². The third-order valence-corrected chi connectivity index (χ3v) is 6.24. The molecule has 0 bridgehead atoms. The van der Waals surface area contributed by atoms with Gasteiger partial charge in [-0.3, -0.25) is 9.59 Å². The van der Waals surface area contributed by atoms with Crippen molar-refractivity contribution in [1.29, 1.82) is 0 Å². The van der Waals surface area contributed by atoms with Crippen LogP contribution in [0.25, 0.3) is 0 Å². The summed E-state index contributed by atoms with van der Waals surface area (Å²) in [5.41, 5.74) is 3.30. The number of hydrogen-bond acceptors (Lipinski definition) is 3. The second-order valence-corrected chi connectivity index (χ2v) is 9.49. The van der Waals surface area contributed by atoms with Crippen molar-refractivity contribution in [3.63, 3.8) is 0 Å². The van der Waals surface area contributed by atoms with Crippen LogP contribution in [0.4, 0.5) is 0 Å². The number of carbonyl (C=O) groups is 2. The third-order valence-electron chi connectivity index (χ3n) is 5.62. The monoisotopic (exact) mass is 502 g/mol. The highest BCUT2D eigenvalue weighted by Crippen LogP contribution is 2.29. The molecule has 0 fully saturated rings. The van der Waals surface area contributed by atoms with Gasteiger partial charge < -0.3 is 15.0 Å². The van der Waals surface area contributed by atoms with E-state index in [9.17, 15) is 9.59 Å². The molecule has 2 atom stereocenters. The van der Waals surface area contributed by atoms with Crippen LogP contribution in [0.15, 0.2) is 46.9 Å². The van der Waals surface area contributed by atoms with Crippen LogP contribution in [0.5, 0.6) is 5.75 Å². The van der Waals surface area contributed by atoms with E-state index >= 15 is 0 Å². The van der Waals surface area contributed by atoms with Crippen LogP contribution in [0.2, 0.25) is 0 Å². The molecule has 0 aliphatic heterocycles. The van der Waals surface area contributed by atoms with Gasteiger partial charge in [0.05, 0.1) is 4.47 Å². The number of nitrogens with zero attached hydrogens (tertiary/aromatic N) is 1. The molecule has 1 N–H and O–H groups in total. The molecular weight excluding hydrogens is 468 g/mol. The lowest BCUT2D eigenvalue weighted by Crippen LogP contribution is -2.50. The van der Waals surface area contributed by atoms with Gasteiger partial charge in [0.25, 0.3) is 5.91 Å². The number of amides is 2. The number of hydrogen-bond donors (Lipinski definition) is 1. The first-order valence-corrected chi connectivity index (χ1v) is 12.0. The smallest absolute Gasteiger partial charge is 0.261 e. The van der Waals surface area contributed by atoms with Crippen molar-refractivity contribution in [1.82, 2.24) is 10.2 Å². The van der Waals surface area contributed by atoms with Crippen LogP contribution in [0.3, 0.4) is 0 Å². The molecule has 174 valence electrons. The molecule has 32 heavy (non-hydrogen) atoms. The summed E-state index contributed by atoms with van der Waals surface area (Å²) < 4.78 is 6.64. The summed E-state index contributed by atoms with van der Waals surface area (Å²) in [5.74, 6) is 0.603. The molecule has 0 heterocycles. The normalized spacial score (nSPS) is 12.9. The Hall–Kier alpha value is -2.34. The molecule has 2 amide bonds. The molecule has 0 aromatic heterocycles. The number of carbonyl (C=O) groups excluding carboxylic acids is 2. The number of rotatable bonds is 10. The highest BCUT2D eigenvalue weighted by molar-refractivity contribution is 9.10. The summed E-state index contributed by atoms with van der Waals surface area (Å²) in [6.45, 7) is 12.2. The van der Waals surface area contributed by atoms with E-state index in [-0.39, 0.29) is 24.5 Å². The largest absolute Gasteiger partial charge is 0.483 e. The first-order valence-electron chi connectivity index (χ1n) is 11.2. The molecule has 6 heteroatoms. The summed E-state index contributed by atoms with van der Waals surface area (Å²) >= 11 is 3.54. The van der Waals surface area contributed by atoms with E-state index in [1.165, 1.54) is 5.56 Å². The Kier molecular flexibility index (Phi) is 9.76. The Morgan fingerprint density at radius 3 is 2.28 bits per heavy atom. The Morgan fingerprint density at radius 1 is 1.06 bits per heavy atom. The highest BCUT2D eigenvalue weighted by atomic mass is 79.9. The van der Waals surface area contributed by atoms with E-state index in [2.05, 4.69) is 35.1 Å². The van der Waals surface area contributed by atoms with Gasteiger partial charge in [-0.1, -0.05) is 56.7 Å². The van der Waals surface area contributed by atoms with E-state index in [4.69, 9.17) is 4.74 Å². The number of aryl methyl sites for hydroxylation is 1. The van der Waals surface area contributed by atoms with Gasteiger partial charge in [0.2, 0.25) is 5.91 Å². The van der Waals surface area contributed by atoms with Gasteiger partial charge in [-0.2, -0.15) is 0 Å². The van der Waals surface area contributed by atoms with Crippen molar-refractivity contribution in [3.05, 3.63) is 63.6 Å². The Bertz CT molecular complexity index is 912. The highest BCUT2D eigenvalue weighted by Gasteiger charge is 2.27. The quantitative estimate of drug-likeness (QED) is 0.460. The standard InChI is InChI=1S/C26H35BrN2O3/c1-7-19(5)28-26(31)20(6)29(15-21-10-8-18(4)9-11-21)25(30)16-32-24-13-12-22(17(2)3)14-23(24)27/h8-14,17,19-20H,7,15-16H2,1-6H3,(H,28,31)/t19-,20+/m1/s1. The molecule has 0 aliphatic carbocycles. The second-order valence-electron chi connectivity index (χ2n) is 8.63. The van der Waals surface area contributed by atoms with Crippen LogP contribution in [0, 0.1) is 6.92 Å². The molecule has 0 spiro atoms. The average Bonchev–Trinajstić information content (AvgIpc) is 2.76. The molecule has 0 aliphatic rings. The number of halogens is 1. The van der Waals surface area contributed by atoms with E-state index in [1.54, 1.807) is 11.8 Å². The molecule has 2 aromatic carbocycles. The Labute approximate surface area is 200 Å². The van der Waals surface area contributed by atoms with Crippen molar-refractivity contribution < 1.29 is 14.3 Å². The zero-order valence-corrected chi connectivity index (χ0v) is 21.5.